The van der Waals surface area contributed by atoms with Gasteiger partial charge in [-0.2, -0.15) is 0 Å². The molecule has 1 heterocycles. The summed E-state index contributed by atoms with van der Waals surface area (Å²) in [6.07, 6.45) is 1.64. The number of nitrogens with zero attached hydrogens (tertiary/aromatic N) is 1. The average molecular weight is 254 g/mol. The Morgan fingerprint density at radius 2 is 1.69 bits per heavy atom. The van der Waals surface area contributed by atoms with Crippen LogP contribution in [0.15, 0.2) is 36.5 Å². The maximum absolute atomic E-state index is 5.88. The Labute approximate surface area is 103 Å². The molecule has 0 bridgehead atoms. The third kappa shape index (κ3) is 2.78. The van der Waals surface area contributed by atoms with Gasteiger partial charge in [-0.15, -0.1) is 0 Å². The third-order valence-electron chi connectivity index (χ3n) is 1.94. The Kier molecular flexibility index (Phi) is 3.17. The van der Waals surface area contributed by atoms with E-state index in [0.717, 1.165) is 11.4 Å². The number of halogens is 2. The quantitative estimate of drug-likeness (QED) is 0.858. The molecule has 0 saturated heterocycles. The van der Waals surface area contributed by atoms with Crippen LogP contribution in [0.4, 0.5) is 17.2 Å². The maximum atomic E-state index is 5.88. The van der Waals surface area contributed by atoms with Gasteiger partial charge >= 0.3 is 0 Å². The summed E-state index contributed by atoms with van der Waals surface area (Å²) in [5, 5.41) is 4.29. The highest BCUT2D eigenvalue weighted by Gasteiger charge is 1.99. The number of benzene rings is 1. The minimum atomic E-state index is 0.481. The molecule has 1 aromatic carbocycles. The molecular weight excluding hydrogens is 245 g/mol. The summed E-state index contributed by atoms with van der Waals surface area (Å²) in [4.78, 5) is 3.97. The van der Waals surface area contributed by atoms with Gasteiger partial charge in [-0.05, 0) is 30.3 Å². The summed E-state index contributed by atoms with van der Waals surface area (Å²) in [5.41, 5.74) is 7.12. The van der Waals surface area contributed by atoms with Crippen LogP contribution in [0, 0.1) is 0 Å². The summed E-state index contributed by atoms with van der Waals surface area (Å²) in [6, 6.07) is 8.79. The zero-order chi connectivity index (χ0) is 11.5. The lowest BCUT2D eigenvalue weighted by Gasteiger charge is -2.07. The minimum absolute atomic E-state index is 0.481. The van der Waals surface area contributed by atoms with Crippen LogP contribution in [0.1, 0.15) is 0 Å². The van der Waals surface area contributed by atoms with Gasteiger partial charge in [0.05, 0.1) is 11.9 Å². The topological polar surface area (TPSA) is 50.9 Å². The fourth-order valence-electron chi connectivity index (χ4n) is 1.27. The number of nitrogen functional groups attached to an aromatic ring is 1. The molecule has 0 unspecified atom stereocenters. The molecule has 2 aromatic rings. The van der Waals surface area contributed by atoms with E-state index < -0.39 is 0 Å². The van der Waals surface area contributed by atoms with Crippen LogP contribution in [0.2, 0.25) is 10.0 Å². The highest BCUT2D eigenvalue weighted by molar-refractivity contribution is 6.35. The van der Waals surface area contributed by atoms with E-state index in [1.807, 2.05) is 6.07 Å². The highest BCUT2D eigenvalue weighted by atomic mass is 35.5. The van der Waals surface area contributed by atoms with Crippen molar-refractivity contribution in [2.75, 3.05) is 11.1 Å². The Morgan fingerprint density at radius 3 is 2.25 bits per heavy atom. The second-order valence-corrected chi connectivity index (χ2v) is 4.13. The number of hydrogen-bond acceptors (Lipinski definition) is 3. The van der Waals surface area contributed by atoms with Crippen molar-refractivity contribution in [1.29, 1.82) is 0 Å². The van der Waals surface area contributed by atoms with Crippen molar-refractivity contribution in [2.24, 2.45) is 0 Å². The van der Waals surface area contributed by atoms with Gasteiger partial charge in [-0.25, -0.2) is 4.98 Å². The number of hydrogen-bond donors (Lipinski definition) is 2. The first-order valence-electron chi connectivity index (χ1n) is 4.58. The molecule has 3 nitrogen and oxygen atoms in total. The van der Waals surface area contributed by atoms with Crippen LogP contribution < -0.4 is 11.1 Å². The molecule has 3 N–H and O–H groups in total. The Morgan fingerprint density at radius 1 is 1.00 bits per heavy atom. The molecule has 1 aromatic heterocycles. The number of rotatable bonds is 2. The van der Waals surface area contributed by atoms with Gasteiger partial charge in [0, 0.05) is 15.7 Å². The molecule has 82 valence electrons. The zero-order valence-electron chi connectivity index (χ0n) is 8.24. The van der Waals surface area contributed by atoms with E-state index >= 15 is 0 Å². The van der Waals surface area contributed by atoms with Gasteiger partial charge < -0.3 is 11.1 Å². The smallest absolute Gasteiger partial charge is 0.123 e. The molecule has 0 saturated carbocycles. The van der Waals surface area contributed by atoms with E-state index in [2.05, 4.69) is 10.3 Å². The van der Waals surface area contributed by atoms with E-state index in [-0.39, 0.29) is 0 Å². The average Bonchev–Trinajstić information content (AvgIpc) is 2.20. The van der Waals surface area contributed by atoms with Crippen molar-refractivity contribution < 1.29 is 0 Å². The number of nitrogens with two attached hydrogens (primary N) is 1. The van der Waals surface area contributed by atoms with Crippen LogP contribution in [0.5, 0.6) is 0 Å². The first kappa shape index (κ1) is 11.0. The molecule has 0 radical (unpaired) electrons. The molecule has 2 rings (SSSR count). The molecule has 16 heavy (non-hydrogen) atoms. The van der Waals surface area contributed by atoms with E-state index in [0.29, 0.717) is 15.9 Å². The van der Waals surface area contributed by atoms with Crippen molar-refractivity contribution in [3.05, 3.63) is 46.6 Å². The lowest BCUT2D eigenvalue weighted by atomic mass is 10.3. The van der Waals surface area contributed by atoms with Gasteiger partial charge in [0.25, 0.3) is 0 Å². The Hall–Kier alpha value is -1.45. The lowest BCUT2D eigenvalue weighted by molar-refractivity contribution is 1.33. The molecule has 0 amide bonds. The summed E-state index contributed by atoms with van der Waals surface area (Å²) in [7, 11) is 0. The molecule has 0 aliphatic rings. The predicted octanol–water partition coefficient (Wildman–Crippen LogP) is 3.71. The normalized spacial score (nSPS) is 10.1. The lowest BCUT2D eigenvalue weighted by Crippen LogP contribution is -1.93. The first-order chi connectivity index (χ1) is 7.63. The van der Waals surface area contributed by atoms with Crippen LogP contribution in [-0.2, 0) is 0 Å². The summed E-state index contributed by atoms with van der Waals surface area (Å²) in [5.74, 6) is 0.481. The van der Waals surface area contributed by atoms with Gasteiger partial charge in [0.2, 0.25) is 0 Å². The summed E-state index contributed by atoms with van der Waals surface area (Å²) >= 11 is 11.8. The number of aromatic nitrogens is 1. The summed E-state index contributed by atoms with van der Waals surface area (Å²) < 4.78 is 0. The summed E-state index contributed by atoms with van der Waals surface area (Å²) in [6.45, 7) is 0. The van der Waals surface area contributed by atoms with Crippen molar-refractivity contribution in [2.45, 2.75) is 0 Å². The van der Waals surface area contributed by atoms with E-state index in [1.165, 1.54) is 0 Å². The molecular formula is C11H9Cl2N3. The minimum Gasteiger partial charge on any atom is -0.384 e. The van der Waals surface area contributed by atoms with Crippen molar-refractivity contribution in [3.63, 3.8) is 0 Å². The SMILES string of the molecule is Nc1ccc(Nc2cc(Cl)cc(Cl)c2)cn1. The molecule has 5 heteroatoms. The van der Waals surface area contributed by atoms with Crippen LogP contribution in [0.25, 0.3) is 0 Å². The molecule has 0 aliphatic heterocycles. The van der Waals surface area contributed by atoms with E-state index in [9.17, 15) is 0 Å². The van der Waals surface area contributed by atoms with E-state index in [4.69, 9.17) is 28.9 Å². The van der Waals surface area contributed by atoms with Gasteiger partial charge in [-0.1, -0.05) is 23.2 Å². The maximum Gasteiger partial charge on any atom is 0.123 e. The fraction of sp³-hybridized carbons (Fsp3) is 0. The van der Waals surface area contributed by atoms with Crippen LogP contribution >= 0.6 is 23.2 Å². The van der Waals surface area contributed by atoms with Crippen molar-refractivity contribution in [3.8, 4) is 0 Å². The molecule has 0 fully saturated rings. The highest BCUT2D eigenvalue weighted by Crippen LogP contribution is 2.25. The van der Waals surface area contributed by atoms with Crippen molar-refractivity contribution in [1.82, 2.24) is 4.98 Å². The number of pyridine rings is 1. The predicted molar refractivity (Wildman–Crippen MR) is 68.4 cm³/mol. The zero-order valence-corrected chi connectivity index (χ0v) is 9.76. The first-order valence-corrected chi connectivity index (χ1v) is 5.34. The Balaban J connectivity index is 2.23. The molecule has 0 spiro atoms. The monoisotopic (exact) mass is 253 g/mol. The molecule has 0 aliphatic carbocycles. The molecule has 0 atom stereocenters. The van der Waals surface area contributed by atoms with E-state index in [1.54, 1.807) is 30.5 Å². The fourth-order valence-corrected chi connectivity index (χ4v) is 1.80. The van der Waals surface area contributed by atoms with Gasteiger partial charge in [0.15, 0.2) is 0 Å². The third-order valence-corrected chi connectivity index (χ3v) is 2.37. The second-order valence-electron chi connectivity index (χ2n) is 3.25. The van der Waals surface area contributed by atoms with Crippen LogP contribution in [0.3, 0.4) is 0 Å². The Bertz CT molecular complexity index is 477. The standard InChI is InChI=1S/C11H9Cl2N3/c12-7-3-8(13)5-10(4-7)16-9-1-2-11(14)15-6-9/h1-6,16H,(H2,14,15). The number of nitrogens with one attached hydrogen (secondary N) is 1. The van der Waals surface area contributed by atoms with Gasteiger partial charge in [0.1, 0.15) is 5.82 Å². The second kappa shape index (κ2) is 4.60. The largest absolute Gasteiger partial charge is 0.384 e. The number of anilines is 3. The van der Waals surface area contributed by atoms with Crippen molar-refractivity contribution >= 4 is 40.4 Å². The van der Waals surface area contributed by atoms with Crippen LogP contribution in [-0.4, -0.2) is 4.98 Å². The van der Waals surface area contributed by atoms with Gasteiger partial charge in [-0.3, -0.25) is 0 Å².